The molecule has 3 rings (SSSR count). The summed E-state index contributed by atoms with van der Waals surface area (Å²) in [4.78, 5) is 24.5. The molecular formula is C18H24FN5O3. The van der Waals surface area contributed by atoms with Crippen LogP contribution in [0.2, 0.25) is 0 Å². The fraction of sp³-hybridized carbons (Fsp3) is 0.556. The minimum Gasteiger partial charge on any atom is -0.382 e. The van der Waals surface area contributed by atoms with Gasteiger partial charge in [-0.25, -0.2) is 15.0 Å². The van der Waals surface area contributed by atoms with Gasteiger partial charge in [0.05, 0.1) is 44.4 Å². The van der Waals surface area contributed by atoms with Gasteiger partial charge < -0.3 is 19.4 Å². The first-order valence-electron chi connectivity index (χ1n) is 8.93. The molecule has 27 heavy (non-hydrogen) atoms. The summed E-state index contributed by atoms with van der Waals surface area (Å²) in [5, 5.41) is 2.96. The van der Waals surface area contributed by atoms with Gasteiger partial charge in [0, 0.05) is 31.6 Å². The highest BCUT2D eigenvalue weighted by molar-refractivity contribution is 5.92. The van der Waals surface area contributed by atoms with E-state index in [0.29, 0.717) is 26.1 Å². The Hall–Kier alpha value is -2.39. The summed E-state index contributed by atoms with van der Waals surface area (Å²) in [5.74, 6) is -0.714. The maximum atomic E-state index is 13.9. The van der Waals surface area contributed by atoms with E-state index in [1.807, 2.05) is 10.8 Å². The lowest BCUT2D eigenvalue weighted by Crippen LogP contribution is -2.52. The Morgan fingerprint density at radius 1 is 1.33 bits per heavy atom. The van der Waals surface area contributed by atoms with E-state index in [4.69, 9.17) is 9.47 Å². The molecule has 4 unspecified atom stereocenters. The smallest absolute Gasteiger partial charge is 0.270 e. The maximum Gasteiger partial charge on any atom is 0.270 e. The van der Waals surface area contributed by atoms with E-state index in [2.05, 4.69) is 20.3 Å². The van der Waals surface area contributed by atoms with Crippen molar-refractivity contribution in [2.24, 2.45) is 5.92 Å². The zero-order valence-corrected chi connectivity index (χ0v) is 15.2. The molecule has 146 valence electrons. The van der Waals surface area contributed by atoms with Gasteiger partial charge in [-0.2, -0.15) is 0 Å². The molecule has 0 spiro atoms. The predicted octanol–water partition coefficient (Wildman–Crippen LogP) is 1.42. The minimum absolute atomic E-state index is 0.111. The molecule has 2 aromatic heterocycles. The monoisotopic (exact) mass is 377 g/mol. The number of carbonyl (C=O) groups is 1. The molecule has 2 aromatic rings. The van der Waals surface area contributed by atoms with Gasteiger partial charge in [0.2, 0.25) is 0 Å². The van der Waals surface area contributed by atoms with Crippen LogP contribution < -0.4 is 5.32 Å². The van der Waals surface area contributed by atoms with Gasteiger partial charge in [-0.3, -0.25) is 9.18 Å². The van der Waals surface area contributed by atoms with E-state index in [9.17, 15) is 9.18 Å². The largest absolute Gasteiger partial charge is 0.382 e. The zero-order chi connectivity index (χ0) is 19.1. The molecule has 2 heterocycles. The number of amides is 1. The summed E-state index contributed by atoms with van der Waals surface area (Å²) in [6, 6.07) is 0.972. The highest BCUT2D eigenvalue weighted by atomic mass is 19.1. The summed E-state index contributed by atoms with van der Waals surface area (Å²) in [6.07, 6.45) is 9.05. The van der Waals surface area contributed by atoms with Crippen LogP contribution in [0.5, 0.6) is 0 Å². The average molecular weight is 377 g/mol. The maximum absolute atomic E-state index is 13.9. The van der Waals surface area contributed by atoms with Crippen LogP contribution in [0.1, 0.15) is 29.4 Å². The first kappa shape index (κ1) is 19.4. The number of hydrogen-bond acceptors (Lipinski definition) is 6. The Labute approximate surface area is 157 Å². The van der Waals surface area contributed by atoms with Gasteiger partial charge in [-0.05, 0) is 18.9 Å². The molecule has 1 fully saturated rings. The second-order valence-corrected chi connectivity index (χ2v) is 6.54. The number of halogens is 1. The van der Waals surface area contributed by atoms with Gasteiger partial charge >= 0.3 is 0 Å². The van der Waals surface area contributed by atoms with Crippen LogP contribution in [-0.4, -0.2) is 64.6 Å². The van der Waals surface area contributed by atoms with E-state index in [1.54, 1.807) is 19.6 Å². The van der Waals surface area contributed by atoms with E-state index in [0.717, 1.165) is 0 Å². The van der Waals surface area contributed by atoms with Crippen molar-refractivity contribution in [3.8, 4) is 0 Å². The van der Waals surface area contributed by atoms with Crippen molar-refractivity contribution in [2.45, 2.75) is 31.0 Å². The van der Waals surface area contributed by atoms with Crippen LogP contribution in [0.15, 0.2) is 37.3 Å². The molecular weight excluding hydrogens is 353 g/mol. The number of nitrogens with zero attached hydrogens (tertiary/aromatic N) is 4. The molecule has 1 saturated carbocycles. The second kappa shape index (κ2) is 9.52. The first-order chi connectivity index (χ1) is 13.2. The average Bonchev–Trinajstić information content (AvgIpc) is 3.24. The van der Waals surface area contributed by atoms with Crippen LogP contribution in [0.25, 0.3) is 0 Å². The quantitative estimate of drug-likeness (QED) is 0.700. The number of alkyl halides is 1. The van der Waals surface area contributed by atoms with Gasteiger partial charge in [0.1, 0.15) is 12.0 Å². The van der Waals surface area contributed by atoms with E-state index in [-0.39, 0.29) is 29.7 Å². The van der Waals surface area contributed by atoms with Crippen LogP contribution in [0.4, 0.5) is 4.39 Å². The number of ether oxygens (including phenoxy) is 2. The highest BCUT2D eigenvalue weighted by Crippen LogP contribution is 2.35. The Kier molecular flexibility index (Phi) is 6.83. The molecule has 1 N–H and O–H groups in total. The number of hydrogen-bond donors (Lipinski definition) is 1. The summed E-state index contributed by atoms with van der Waals surface area (Å²) in [7, 11) is 1.61. The molecule has 9 heteroatoms. The summed E-state index contributed by atoms with van der Waals surface area (Å²) >= 11 is 0. The lowest BCUT2D eigenvalue weighted by molar-refractivity contribution is -0.0350. The molecule has 0 aromatic carbocycles. The number of methoxy groups -OCH3 is 1. The Bertz CT molecular complexity index is 700. The van der Waals surface area contributed by atoms with E-state index in [1.165, 1.54) is 18.6 Å². The second-order valence-electron chi connectivity index (χ2n) is 6.54. The fourth-order valence-electron chi connectivity index (χ4n) is 3.54. The fourth-order valence-corrected chi connectivity index (χ4v) is 3.54. The molecule has 1 amide bonds. The number of aromatic nitrogens is 4. The summed E-state index contributed by atoms with van der Waals surface area (Å²) < 4.78 is 26.7. The third kappa shape index (κ3) is 4.86. The number of imidazole rings is 1. The molecule has 1 aliphatic rings. The first-order valence-corrected chi connectivity index (χ1v) is 8.93. The molecule has 0 aliphatic heterocycles. The third-order valence-electron chi connectivity index (χ3n) is 4.85. The van der Waals surface area contributed by atoms with Crippen molar-refractivity contribution < 1.29 is 18.7 Å². The van der Waals surface area contributed by atoms with Gasteiger partial charge in [0.15, 0.2) is 0 Å². The van der Waals surface area contributed by atoms with Crippen LogP contribution in [0, 0.1) is 5.92 Å². The SMILES string of the molecule is COCCOC1CC(CF)C(NC(=O)c2ccncn2)C(n2ccnc2)C1. The number of nitrogens with one attached hydrogen (secondary N) is 1. The Balaban J connectivity index is 1.77. The van der Waals surface area contributed by atoms with Crippen molar-refractivity contribution >= 4 is 5.91 Å². The summed E-state index contributed by atoms with van der Waals surface area (Å²) in [6.45, 7) is 0.388. The molecule has 1 aliphatic carbocycles. The van der Waals surface area contributed by atoms with Gasteiger partial charge in [-0.15, -0.1) is 0 Å². The van der Waals surface area contributed by atoms with Crippen molar-refractivity contribution in [3.63, 3.8) is 0 Å². The lowest BCUT2D eigenvalue weighted by atomic mass is 9.79. The van der Waals surface area contributed by atoms with E-state index < -0.39 is 12.7 Å². The molecule has 8 nitrogen and oxygen atoms in total. The number of rotatable bonds is 8. The lowest BCUT2D eigenvalue weighted by Gasteiger charge is -2.41. The zero-order valence-electron chi connectivity index (χ0n) is 15.2. The standard InChI is InChI=1S/C18H24FN5O3/c1-26-6-7-27-14-8-13(10-19)17(16(9-14)24-5-4-21-12-24)23-18(25)15-2-3-20-11-22-15/h2-5,11-14,16-17H,6-10H2,1H3,(H,23,25). The van der Waals surface area contributed by atoms with Gasteiger partial charge in [0.25, 0.3) is 5.91 Å². The number of carbonyl (C=O) groups excluding carboxylic acids is 1. The Morgan fingerprint density at radius 3 is 2.89 bits per heavy atom. The molecule has 0 radical (unpaired) electrons. The van der Waals surface area contributed by atoms with Crippen LogP contribution >= 0.6 is 0 Å². The van der Waals surface area contributed by atoms with Crippen molar-refractivity contribution in [3.05, 3.63) is 43.0 Å². The van der Waals surface area contributed by atoms with E-state index >= 15 is 0 Å². The topological polar surface area (TPSA) is 91.2 Å². The minimum atomic E-state index is -0.552. The normalized spacial score (nSPS) is 25.3. The molecule has 0 saturated heterocycles. The van der Waals surface area contributed by atoms with Crippen LogP contribution in [-0.2, 0) is 9.47 Å². The van der Waals surface area contributed by atoms with Crippen molar-refractivity contribution in [2.75, 3.05) is 27.0 Å². The molecule has 0 bridgehead atoms. The summed E-state index contributed by atoms with van der Waals surface area (Å²) in [5.41, 5.74) is 0.255. The Morgan fingerprint density at radius 2 is 2.22 bits per heavy atom. The van der Waals surface area contributed by atoms with Crippen molar-refractivity contribution in [1.82, 2.24) is 24.8 Å². The van der Waals surface area contributed by atoms with Gasteiger partial charge in [-0.1, -0.05) is 0 Å². The third-order valence-corrected chi connectivity index (χ3v) is 4.85. The predicted molar refractivity (Wildman–Crippen MR) is 94.9 cm³/mol. The highest BCUT2D eigenvalue weighted by Gasteiger charge is 2.40. The van der Waals surface area contributed by atoms with Crippen molar-refractivity contribution in [1.29, 1.82) is 0 Å². The molecule has 4 atom stereocenters. The van der Waals surface area contributed by atoms with Crippen LogP contribution in [0.3, 0.4) is 0 Å².